The highest BCUT2D eigenvalue weighted by Crippen LogP contribution is 2.34. The minimum Gasteiger partial charge on any atom is -0.489 e. The predicted octanol–water partition coefficient (Wildman–Crippen LogP) is 3.13. The summed E-state index contributed by atoms with van der Waals surface area (Å²) >= 11 is 1.65. The van der Waals surface area contributed by atoms with E-state index in [0.717, 1.165) is 23.5 Å². The Morgan fingerprint density at radius 2 is 2.19 bits per heavy atom. The van der Waals surface area contributed by atoms with E-state index < -0.39 is 0 Å². The van der Waals surface area contributed by atoms with Gasteiger partial charge in [0.1, 0.15) is 5.75 Å². The van der Waals surface area contributed by atoms with Gasteiger partial charge in [0, 0.05) is 12.3 Å². The molecule has 1 aliphatic carbocycles. The number of hydrogen-bond acceptors (Lipinski definition) is 4. The molecule has 2 rings (SSSR count). The van der Waals surface area contributed by atoms with Crippen molar-refractivity contribution in [2.75, 3.05) is 6.26 Å². The molecule has 1 heterocycles. The van der Waals surface area contributed by atoms with E-state index in [4.69, 9.17) is 9.47 Å². The van der Waals surface area contributed by atoms with Crippen molar-refractivity contribution in [3.05, 3.63) is 12.3 Å². The van der Waals surface area contributed by atoms with Crippen molar-refractivity contribution in [1.29, 1.82) is 0 Å². The lowest BCUT2D eigenvalue weighted by Gasteiger charge is -2.12. The van der Waals surface area contributed by atoms with Crippen LogP contribution in [0.15, 0.2) is 17.2 Å². The third-order valence-corrected chi connectivity index (χ3v) is 2.95. The molecular formula is C12H17NO2S. The van der Waals surface area contributed by atoms with E-state index in [1.807, 2.05) is 32.4 Å². The second kappa shape index (κ2) is 4.95. The Labute approximate surface area is 101 Å². The first-order chi connectivity index (χ1) is 7.69. The predicted molar refractivity (Wildman–Crippen MR) is 65.4 cm³/mol. The van der Waals surface area contributed by atoms with Crippen LogP contribution in [0.1, 0.15) is 26.7 Å². The van der Waals surface area contributed by atoms with Crippen molar-refractivity contribution in [3.63, 3.8) is 0 Å². The molecule has 0 aromatic carbocycles. The van der Waals surface area contributed by atoms with Gasteiger partial charge in [-0.25, -0.2) is 4.98 Å². The molecule has 0 N–H and O–H groups in total. The van der Waals surface area contributed by atoms with E-state index in [0.29, 0.717) is 12.0 Å². The van der Waals surface area contributed by atoms with Crippen LogP contribution in [-0.2, 0) is 0 Å². The zero-order valence-electron chi connectivity index (χ0n) is 9.90. The molecule has 0 amide bonds. The molecule has 0 radical (unpaired) electrons. The maximum atomic E-state index is 5.83. The van der Waals surface area contributed by atoms with Crippen LogP contribution in [0.5, 0.6) is 11.6 Å². The summed E-state index contributed by atoms with van der Waals surface area (Å²) < 4.78 is 11.4. The lowest BCUT2D eigenvalue weighted by molar-refractivity contribution is 0.228. The maximum absolute atomic E-state index is 5.83. The fourth-order valence-electron chi connectivity index (χ4n) is 1.32. The Morgan fingerprint density at radius 3 is 2.75 bits per heavy atom. The molecule has 3 nitrogen and oxygen atoms in total. The van der Waals surface area contributed by atoms with E-state index in [9.17, 15) is 0 Å². The van der Waals surface area contributed by atoms with Gasteiger partial charge in [-0.3, -0.25) is 0 Å². The molecule has 1 aliphatic rings. The van der Waals surface area contributed by atoms with Crippen LogP contribution in [0.2, 0.25) is 0 Å². The highest BCUT2D eigenvalue weighted by molar-refractivity contribution is 7.98. The third kappa shape index (κ3) is 3.04. The Balaban J connectivity index is 2.15. The molecule has 0 atom stereocenters. The van der Waals surface area contributed by atoms with Gasteiger partial charge in [-0.05, 0) is 32.9 Å². The number of rotatable bonds is 5. The zero-order chi connectivity index (χ0) is 11.5. The molecule has 0 bridgehead atoms. The lowest BCUT2D eigenvalue weighted by atomic mass is 10.4. The summed E-state index contributed by atoms with van der Waals surface area (Å²) in [7, 11) is 0. The largest absolute Gasteiger partial charge is 0.489 e. The van der Waals surface area contributed by atoms with Crippen molar-refractivity contribution in [1.82, 2.24) is 4.98 Å². The van der Waals surface area contributed by atoms with Crippen molar-refractivity contribution in [3.8, 4) is 11.6 Å². The number of aromatic nitrogens is 1. The van der Waals surface area contributed by atoms with Crippen molar-refractivity contribution < 1.29 is 9.47 Å². The lowest BCUT2D eigenvalue weighted by Crippen LogP contribution is -2.07. The van der Waals surface area contributed by atoms with Crippen LogP contribution >= 0.6 is 11.8 Å². The van der Waals surface area contributed by atoms with E-state index in [-0.39, 0.29) is 6.10 Å². The van der Waals surface area contributed by atoms with Gasteiger partial charge in [0.05, 0.1) is 17.1 Å². The van der Waals surface area contributed by atoms with E-state index >= 15 is 0 Å². The highest BCUT2D eigenvalue weighted by Gasteiger charge is 2.25. The number of pyridine rings is 1. The van der Waals surface area contributed by atoms with Gasteiger partial charge in [-0.15, -0.1) is 11.8 Å². The Bertz CT molecular complexity index is 364. The van der Waals surface area contributed by atoms with Crippen LogP contribution in [-0.4, -0.2) is 23.4 Å². The number of ether oxygens (including phenoxy) is 2. The smallest absolute Gasteiger partial charge is 0.217 e. The molecule has 88 valence electrons. The monoisotopic (exact) mass is 239 g/mol. The first kappa shape index (κ1) is 11.6. The first-order valence-corrected chi connectivity index (χ1v) is 6.79. The third-order valence-electron chi connectivity index (χ3n) is 2.20. The molecule has 4 heteroatoms. The quantitative estimate of drug-likeness (QED) is 0.739. The second-order valence-electron chi connectivity index (χ2n) is 4.16. The minimum absolute atomic E-state index is 0.140. The van der Waals surface area contributed by atoms with Crippen molar-refractivity contribution in [2.24, 2.45) is 0 Å². The van der Waals surface area contributed by atoms with Crippen LogP contribution in [0.4, 0.5) is 0 Å². The minimum atomic E-state index is 0.140. The number of nitrogens with zero attached hydrogens (tertiary/aromatic N) is 1. The molecule has 0 unspecified atom stereocenters. The summed E-state index contributed by atoms with van der Waals surface area (Å²) in [5, 5.41) is 0. The SMILES string of the molecule is CSc1cnc(OC(C)C)cc1OC1CC1. The summed E-state index contributed by atoms with van der Waals surface area (Å²) in [6.07, 6.45) is 6.72. The van der Waals surface area contributed by atoms with Gasteiger partial charge in [-0.2, -0.15) is 0 Å². The molecule has 1 aromatic heterocycles. The van der Waals surface area contributed by atoms with Gasteiger partial charge < -0.3 is 9.47 Å². The first-order valence-electron chi connectivity index (χ1n) is 5.56. The van der Waals surface area contributed by atoms with Crippen LogP contribution in [0, 0.1) is 0 Å². The summed E-state index contributed by atoms with van der Waals surface area (Å²) in [5.74, 6) is 1.55. The van der Waals surface area contributed by atoms with E-state index in [1.165, 1.54) is 0 Å². The maximum Gasteiger partial charge on any atom is 0.217 e. The van der Waals surface area contributed by atoms with Crippen LogP contribution in [0.25, 0.3) is 0 Å². The fraction of sp³-hybridized carbons (Fsp3) is 0.583. The number of hydrogen-bond donors (Lipinski definition) is 0. The molecule has 1 aromatic rings. The van der Waals surface area contributed by atoms with Gasteiger partial charge in [0.15, 0.2) is 0 Å². The normalized spacial score (nSPS) is 15.2. The molecule has 1 fully saturated rings. The summed E-state index contributed by atoms with van der Waals surface area (Å²) in [6.45, 7) is 3.98. The van der Waals surface area contributed by atoms with Gasteiger partial charge in [0.25, 0.3) is 0 Å². The molecule has 1 saturated carbocycles. The zero-order valence-corrected chi connectivity index (χ0v) is 10.7. The Hall–Kier alpha value is -0.900. The molecule has 0 saturated heterocycles. The number of thioether (sulfide) groups is 1. The molecular weight excluding hydrogens is 222 g/mol. The average Bonchev–Trinajstić information content (AvgIpc) is 3.01. The molecule has 0 spiro atoms. The summed E-state index contributed by atoms with van der Waals surface area (Å²) in [6, 6.07) is 1.89. The highest BCUT2D eigenvalue weighted by atomic mass is 32.2. The second-order valence-corrected chi connectivity index (χ2v) is 5.01. The van der Waals surface area contributed by atoms with E-state index in [2.05, 4.69) is 4.98 Å². The van der Waals surface area contributed by atoms with Crippen LogP contribution in [0.3, 0.4) is 0 Å². The fourth-order valence-corrected chi connectivity index (χ4v) is 1.79. The van der Waals surface area contributed by atoms with Crippen molar-refractivity contribution >= 4 is 11.8 Å². The van der Waals surface area contributed by atoms with Gasteiger partial charge >= 0.3 is 0 Å². The van der Waals surface area contributed by atoms with Gasteiger partial charge in [0.2, 0.25) is 5.88 Å². The molecule has 16 heavy (non-hydrogen) atoms. The Morgan fingerprint density at radius 1 is 1.44 bits per heavy atom. The van der Waals surface area contributed by atoms with E-state index in [1.54, 1.807) is 11.8 Å². The average molecular weight is 239 g/mol. The van der Waals surface area contributed by atoms with Crippen LogP contribution < -0.4 is 9.47 Å². The summed E-state index contributed by atoms with van der Waals surface area (Å²) in [4.78, 5) is 5.33. The van der Waals surface area contributed by atoms with Gasteiger partial charge in [-0.1, -0.05) is 0 Å². The molecule has 0 aliphatic heterocycles. The summed E-state index contributed by atoms with van der Waals surface area (Å²) in [5.41, 5.74) is 0. The van der Waals surface area contributed by atoms with Crippen molar-refractivity contribution in [2.45, 2.75) is 43.8 Å². The Kier molecular flexibility index (Phi) is 3.59. The standard InChI is InChI=1S/C12H17NO2S/c1-8(2)14-12-6-10(15-9-4-5-9)11(16-3)7-13-12/h6-9H,4-5H2,1-3H3. The topological polar surface area (TPSA) is 31.4 Å².